The molecule has 2 unspecified atom stereocenters. The molecular formula is C20H20O2. The van der Waals surface area contributed by atoms with E-state index in [-0.39, 0.29) is 5.92 Å². The number of hydrogen-bond donors (Lipinski definition) is 0. The highest BCUT2D eigenvalue weighted by molar-refractivity contribution is 6.11. The highest BCUT2D eigenvalue weighted by atomic mass is 16.5. The van der Waals surface area contributed by atoms with E-state index in [4.69, 9.17) is 4.74 Å². The van der Waals surface area contributed by atoms with Crippen molar-refractivity contribution in [1.29, 1.82) is 0 Å². The average Bonchev–Trinajstić information content (AvgIpc) is 3.12. The molecule has 2 saturated heterocycles. The van der Waals surface area contributed by atoms with Crippen molar-refractivity contribution in [2.45, 2.75) is 50.7 Å². The summed E-state index contributed by atoms with van der Waals surface area (Å²) < 4.78 is 5.90. The maximum atomic E-state index is 13.1. The van der Waals surface area contributed by atoms with Gasteiger partial charge in [0.25, 0.3) is 0 Å². The van der Waals surface area contributed by atoms with E-state index in [2.05, 4.69) is 30.3 Å². The summed E-state index contributed by atoms with van der Waals surface area (Å²) in [6, 6.07) is 10.7. The molecule has 0 radical (unpaired) electrons. The number of ether oxygens (including phenoxy) is 1. The Morgan fingerprint density at radius 3 is 2.45 bits per heavy atom. The van der Waals surface area contributed by atoms with E-state index in [1.165, 1.54) is 21.9 Å². The van der Waals surface area contributed by atoms with Crippen LogP contribution in [0.5, 0.6) is 0 Å². The van der Waals surface area contributed by atoms with E-state index in [9.17, 15) is 4.79 Å². The molecule has 3 aliphatic rings. The fourth-order valence-corrected chi connectivity index (χ4v) is 4.75. The Morgan fingerprint density at radius 2 is 1.68 bits per heavy atom. The fraction of sp³-hybridized carbons (Fsp3) is 0.450. The van der Waals surface area contributed by atoms with Crippen molar-refractivity contribution < 1.29 is 9.53 Å². The van der Waals surface area contributed by atoms with Gasteiger partial charge in [-0.15, -0.1) is 0 Å². The SMILES string of the molecule is O=C(c1ccc2c3c(cccc13)CC2)C1CC2CCC(C1)O2. The average molecular weight is 292 g/mol. The van der Waals surface area contributed by atoms with Crippen molar-refractivity contribution in [3.8, 4) is 0 Å². The van der Waals surface area contributed by atoms with Crippen molar-refractivity contribution in [3.63, 3.8) is 0 Å². The molecule has 0 spiro atoms. The third-order valence-electron chi connectivity index (χ3n) is 5.80. The summed E-state index contributed by atoms with van der Waals surface area (Å²) in [6.07, 6.45) is 6.99. The number of aryl methyl sites for hydroxylation is 2. The number of Topliss-reactive ketones (excluding diaryl/α,β-unsaturated/α-hetero) is 1. The summed E-state index contributed by atoms with van der Waals surface area (Å²) in [5.41, 5.74) is 3.76. The van der Waals surface area contributed by atoms with Gasteiger partial charge in [0, 0.05) is 11.5 Å². The highest BCUT2D eigenvalue weighted by Crippen LogP contribution is 2.39. The van der Waals surface area contributed by atoms with Gasteiger partial charge in [-0.2, -0.15) is 0 Å². The van der Waals surface area contributed by atoms with Crippen LogP contribution in [-0.2, 0) is 17.6 Å². The standard InChI is InChI=1S/C20H20O2/c21-20(14-10-15-7-8-16(11-14)22-15)18-9-6-13-5-4-12-2-1-3-17(18)19(12)13/h1-3,6,9,14-16H,4-5,7-8,10-11H2. The fourth-order valence-electron chi connectivity index (χ4n) is 4.75. The maximum Gasteiger partial charge on any atom is 0.166 e. The van der Waals surface area contributed by atoms with Gasteiger partial charge in [-0.05, 0) is 60.4 Å². The van der Waals surface area contributed by atoms with Gasteiger partial charge in [0.2, 0.25) is 0 Å². The second kappa shape index (κ2) is 4.66. The van der Waals surface area contributed by atoms with Gasteiger partial charge in [0.05, 0.1) is 12.2 Å². The smallest absolute Gasteiger partial charge is 0.166 e. The van der Waals surface area contributed by atoms with E-state index in [1.54, 1.807) is 0 Å². The maximum absolute atomic E-state index is 13.1. The lowest BCUT2D eigenvalue weighted by atomic mass is 9.85. The second-order valence-electron chi connectivity index (χ2n) is 7.10. The molecule has 2 fully saturated rings. The Morgan fingerprint density at radius 1 is 0.955 bits per heavy atom. The number of ketones is 1. The molecule has 0 N–H and O–H groups in total. The van der Waals surface area contributed by atoms with Crippen molar-refractivity contribution in [2.75, 3.05) is 0 Å². The molecule has 2 heterocycles. The molecule has 2 bridgehead atoms. The van der Waals surface area contributed by atoms with Crippen molar-refractivity contribution in [1.82, 2.24) is 0 Å². The van der Waals surface area contributed by atoms with Crippen LogP contribution in [0.2, 0.25) is 0 Å². The highest BCUT2D eigenvalue weighted by Gasteiger charge is 2.38. The van der Waals surface area contributed by atoms with Crippen LogP contribution in [0.25, 0.3) is 10.8 Å². The molecule has 0 aromatic heterocycles. The molecule has 2 aromatic carbocycles. The minimum atomic E-state index is 0.157. The lowest BCUT2D eigenvalue weighted by Crippen LogP contribution is -2.30. The van der Waals surface area contributed by atoms with Crippen molar-refractivity contribution in [3.05, 3.63) is 47.0 Å². The first-order valence-corrected chi connectivity index (χ1v) is 8.53. The van der Waals surface area contributed by atoms with Gasteiger partial charge in [0.1, 0.15) is 0 Å². The van der Waals surface area contributed by atoms with E-state index in [0.29, 0.717) is 18.0 Å². The number of fused-ring (bicyclic) bond motifs is 2. The zero-order valence-corrected chi connectivity index (χ0v) is 12.7. The molecule has 22 heavy (non-hydrogen) atoms. The van der Waals surface area contributed by atoms with Crippen LogP contribution in [0.15, 0.2) is 30.3 Å². The van der Waals surface area contributed by atoms with Gasteiger partial charge in [-0.1, -0.05) is 30.3 Å². The number of carbonyl (C=O) groups is 1. The molecule has 2 aliphatic heterocycles. The molecule has 5 rings (SSSR count). The van der Waals surface area contributed by atoms with Crippen LogP contribution in [-0.4, -0.2) is 18.0 Å². The van der Waals surface area contributed by atoms with Crippen LogP contribution in [0.1, 0.15) is 47.2 Å². The van der Waals surface area contributed by atoms with Gasteiger partial charge < -0.3 is 4.74 Å². The number of rotatable bonds is 2. The van der Waals surface area contributed by atoms with E-state index in [0.717, 1.165) is 44.1 Å². The van der Waals surface area contributed by atoms with Crippen LogP contribution >= 0.6 is 0 Å². The summed E-state index contributed by atoms with van der Waals surface area (Å²) in [6.45, 7) is 0. The Bertz CT molecular complexity index is 754. The van der Waals surface area contributed by atoms with E-state index < -0.39 is 0 Å². The minimum Gasteiger partial charge on any atom is -0.375 e. The van der Waals surface area contributed by atoms with Gasteiger partial charge in [0.15, 0.2) is 5.78 Å². The van der Waals surface area contributed by atoms with Crippen LogP contribution in [0, 0.1) is 5.92 Å². The molecule has 2 nitrogen and oxygen atoms in total. The number of benzene rings is 2. The van der Waals surface area contributed by atoms with Crippen LogP contribution in [0.3, 0.4) is 0 Å². The van der Waals surface area contributed by atoms with E-state index in [1.807, 2.05) is 0 Å². The summed E-state index contributed by atoms with van der Waals surface area (Å²) in [5.74, 6) is 0.500. The monoisotopic (exact) mass is 292 g/mol. The van der Waals surface area contributed by atoms with E-state index >= 15 is 0 Å². The van der Waals surface area contributed by atoms with Crippen molar-refractivity contribution >= 4 is 16.6 Å². The third-order valence-corrected chi connectivity index (χ3v) is 5.80. The Labute approximate surface area is 130 Å². The zero-order chi connectivity index (χ0) is 14.7. The Kier molecular flexibility index (Phi) is 2.72. The Hall–Kier alpha value is -1.67. The molecule has 112 valence electrons. The molecular weight excluding hydrogens is 272 g/mol. The molecule has 2 heteroatoms. The molecule has 0 saturated carbocycles. The third kappa shape index (κ3) is 1.80. The number of carbonyl (C=O) groups excluding carboxylic acids is 1. The normalized spacial score (nSPS) is 29.2. The summed E-state index contributed by atoms with van der Waals surface area (Å²) in [7, 11) is 0. The lowest BCUT2D eigenvalue weighted by molar-refractivity contribution is -0.0148. The first-order valence-electron chi connectivity index (χ1n) is 8.53. The van der Waals surface area contributed by atoms with Gasteiger partial charge in [-0.25, -0.2) is 0 Å². The molecule has 2 atom stereocenters. The van der Waals surface area contributed by atoms with Crippen LogP contribution < -0.4 is 0 Å². The minimum absolute atomic E-state index is 0.157. The predicted molar refractivity (Wildman–Crippen MR) is 86.3 cm³/mol. The summed E-state index contributed by atoms with van der Waals surface area (Å²) >= 11 is 0. The van der Waals surface area contributed by atoms with Crippen LogP contribution in [0.4, 0.5) is 0 Å². The molecule has 2 aromatic rings. The Balaban J connectivity index is 1.58. The molecule has 1 aliphatic carbocycles. The summed E-state index contributed by atoms with van der Waals surface area (Å²) in [5, 5.41) is 2.53. The van der Waals surface area contributed by atoms with Gasteiger partial charge in [-0.3, -0.25) is 4.79 Å². The predicted octanol–water partition coefficient (Wildman–Crippen LogP) is 4.08. The first-order chi connectivity index (χ1) is 10.8. The quantitative estimate of drug-likeness (QED) is 0.780. The van der Waals surface area contributed by atoms with Crippen molar-refractivity contribution in [2.24, 2.45) is 5.92 Å². The largest absolute Gasteiger partial charge is 0.375 e. The summed E-state index contributed by atoms with van der Waals surface area (Å²) in [4.78, 5) is 13.1. The lowest BCUT2D eigenvalue weighted by Gasteiger charge is -2.27. The molecule has 0 amide bonds. The number of hydrogen-bond acceptors (Lipinski definition) is 2. The second-order valence-corrected chi connectivity index (χ2v) is 7.10. The topological polar surface area (TPSA) is 26.3 Å². The van der Waals surface area contributed by atoms with Gasteiger partial charge >= 0.3 is 0 Å². The zero-order valence-electron chi connectivity index (χ0n) is 12.7. The first kappa shape index (κ1) is 12.8.